The SMILES string of the molecule is CCOC1OC(COCc2ccccc2)[C@@H](O)[C@H](OCC(=O)O)C1NC(=O)CCN=C(N)N. The molecule has 0 aliphatic carbocycles. The van der Waals surface area contributed by atoms with Crippen molar-refractivity contribution in [3.63, 3.8) is 0 Å². The Bertz CT molecular complexity index is 775. The number of carboxylic acids is 1. The molecule has 7 N–H and O–H groups in total. The van der Waals surface area contributed by atoms with Crippen molar-refractivity contribution in [3.05, 3.63) is 35.9 Å². The molecule has 1 amide bonds. The summed E-state index contributed by atoms with van der Waals surface area (Å²) in [7, 11) is 0. The number of nitrogens with two attached hydrogens (primary N) is 2. The molecule has 0 saturated carbocycles. The van der Waals surface area contributed by atoms with Gasteiger partial charge in [0.25, 0.3) is 0 Å². The largest absolute Gasteiger partial charge is 0.480 e. The molecular weight excluding hydrogens is 436 g/mol. The summed E-state index contributed by atoms with van der Waals surface area (Å²) < 4.78 is 22.6. The maximum Gasteiger partial charge on any atom is 0.329 e. The fraction of sp³-hybridized carbons (Fsp3) is 0.571. The number of amides is 1. The lowest BCUT2D eigenvalue weighted by Gasteiger charge is -2.44. The van der Waals surface area contributed by atoms with Crippen LogP contribution in [-0.2, 0) is 35.1 Å². The first-order valence-electron chi connectivity index (χ1n) is 10.6. The summed E-state index contributed by atoms with van der Waals surface area (Å²) in [6, 6.07) is 8.47. The van der Waals surface area contributed by atoms with Crippen LogP contribution in [0.5, 0.6) is 0 Å². The van der Waals surface area contributed by atoms with Crippen molar-refractivity contribution in [1.29, 1.82) is 0 Å². The average Bonchev–Trinajstić information content (AvgIpc) is 2.76. The zero-order valence-electron chi connectivity index (χ0n) is 18.5. The van der Waals surface area contributed by atoms with E-state index in [0.29, 0.717) is 6.61 Å². The number of hydrogen-bond acceptors (Lipinski definition) is 8. The summed E-state index contributed by atoms with van der Waals surface area (Å²) in [5, 5.41) is 22.6. The van der Waals surface area contributed by atoms with E-state index >= 15 is 0 Å². The Morgan fingerprint density at radius 3 is 2.58 bits per heavy atom. The molecule has 12 nitrogen and oxygen atoms in total. The van der Waals surface area contributed by atoms with Crippen LogP contribution in [0.25, 0.3) is 0 Å². The fourth-order valence-electron chi connectivity index (χ4n) is 3.29. The van der Waals surface area contributed by atoms with E-state index in [2.05, 4.69) is 10.3 Å². The zero-order chi connectivity index (χ0) is 24.2. The third-order valence-corrected chi connectivity index (χ3v) is 4.76. The standard InChI is InChI=1S/C21H32N4O8/c1-2-31-20-17(25-15(26)8-9-24-21(22)23)19(32-12-16(27)28)18(29)14(33-20)11-30-10-13-6-4-3-5-7-13/h3-7,14,17-20,29H,2,8-12H2,1H3,(H,25,26)(H,27,28)(H4,22,23,24)/t14?,17?,18-,19-,20?/m1/s1. The molecule has 12 heteroatoms. The minimum Gasteiger partial charge on any atom is -0.480 e. The highest BCUT2D eigenvalue weighted by Crippen LogP contribution is 2.25. The number of benzene rings is 1. The molecule has 1 aromatic rings. The number of rotatable bonds is 13. The number of guanidine groups is 1. The van der Waals surface area contributed by atoms with Gasteiger partial charge in [0.1, 0.15) is 31.0 Å². The van der Waals surface area contributed by atoms with Gasteiger partial charge in [-0.15, -0.1) is 0 Å². The van der Waals surface area contributed by atoms with Gasteiger partial charge in [0.05, 0.1) is 19.8 Å². The van der Waals surface area contributed by atoms with Crippen LogP contribution < -0.4 is 16.8 Å². The van der Waals surface area contributed by atoms with E-state index in [0.717, 1.165) is 5.56 Å². The van der Waals surface area contributed by atoms with Crippen molar-refractivity contribution in [2.75, 3.05) is 26.4 Å². The van der Waals surface area contributed by atoms with Gasteiger partial charge in [-0.2, -0.15) is 0 Å². The van der Waals surface area contributed by atoms with E-state index in [-0.39, 0.29) is 32.1 Å². The Kier molecular flexibility index (Phi) is 11.0. The van der Waals surface area contributed by atoms with E-state index in [1.54, 1.807) is 6.92 Å². The zero-order valence-corrected chi connectivity index (χ0v) is 18.5. The molecule has 5 atom stereocenters. The maximum absolute atomic E-state index is 12.4. The summed E-state index contributed by atoms with van der Waals surface area (Å²) in [4.78, 5) is 27.2. The topological polar surface area (TPSA) is 188 Å². The number of nitrogens with one attached hydrogen (secondary N) is 1. The van der Waals surface area contributed by atoms with Gasteiger partial charge in [-0.05, 0) is 12.5 Å². The molecule has 1 aliphatic rings. The molecule has 0 bridgehead atoms. The van der Waals surface area contributed by atoms with E-state index in [4.69, 9.17) is 35.5 Å². The molecule has 0 aromatic heterocycles. The highest BCUT2D eigenvalue weighted by Gasteiger charge is 2.47. The molecule has 0 spiro atoms. The number of aliphatic hydroxyl groups excluding tert-OH is 1. The van der Waals surface area contributed by atoms with Gasteiger partial charge in [-0.1, -0.05) is 30.3 Å². The van der Waals surface area contributed by atoms with Gasteiger partial charge < -0.3 is 45.9 Å². The van der Waals surface area contributed by atoms with Gasteiger partial charge in [0, 0.05) is 13.0 Å². The van der Waals surface area contributed by atoms with E-state index in [1.807, 2.05) is 30.3 Å². The van der Waals surface area contributed by atoms with Crippen LogP contribution in [0.15, 0.2) is 35.3 Å². The van der Waals surface area contributed by atoms with Crippen LogP contribution in [-0.4, -0.2) is 85.1 Å². The lowest BCUT2D eigenvalue weighted by atomic mass is 9.96. The molecule has 0 radical (unpaired) electrons. The van der Waals surface area contributed by atoms with Gasteiger partial charge in [-0.3, -0.25) is 9.79 Å². The second kappa shape index (κ2) is 13.7. The Labute approximate surface area is 191 Å². The quantitative estimate of drug-likeness (QED) is 0.176. The third kappa shape index (κ3) is 8.94. The van der Waals surface area contributed by atoms with Crippen LogP contribution in [0.2, 0.25) is 0 Å². The highest BCUT2D eigenvalue weighted by molar-refractivity contribution is 5.78. The van der Waals surface area contributed by atoms with E-state index in [9.17, 15) is 14.7 Å². The van der Waals surface area contributed by atoms with Crippen molar-refractivity contribution >= 4 is 17.8 Å². The summed E-state index contributed by atoms with van der Waals surface area (Å²) in [5.74, 6) is -1.82. The molecule has 1 aliphatic heterocycles. The number of ether oxygens (including phenoxy) is 4. The number of aliphatic carboxylic acids is 1. The molecule has 33 heavy (non-hydrogen) atoms. The predicted molar refractivity (Wildman–Crippen MR) is 117 cm³/mol. The number of nitrogens with zero attached hydrogens (tertiary/aromatic N) is 1. The highest BCUT2D eigenvalue weighted by atomic mass is 16.7. The summed E-state index contributed by atoms with van der Waals surface area (Å²) in [6.07, 6.45) is -4.34. The second-order valence-electron chi connectivity index (χ2n) is 7.31. The van der Waals surface area contributed by atoms with Crippen LogP contribution in [0.3, 0.4) is 0 Å². The van der Waals surface area contributed by atoms with Crippen molar-refractivity contribution in [2.45, 2.75) is 50.6 Å². The molecule has 1 heterocycles. The number of carbonyl (C=O) groups excluding carboxylic acids is 1. The molecule has 184 valence electrons. The Hall–Kier alpha value is -2.77. The number of carboxylic acid groups (broad SMARTS) is 1. The Morgan fingerprint density at radius 2 is 1.94 bits per heavy atom. The smallest absolute Gasteiger partial charge is 0.329 e. The number of aliphatic imine (C=N–C) groups is 1. The van der Waals surface area contributed by atoms with E-state index in [1.165, 1.54) is 0 Å². The monoisotopic (exact) mass is 468 g/mol. The normalized spacial score (nSPS) is 24.7. The van der Waals surface area contributed by atoms with Gasteiger partial charge in [0.2, 0.25) is 5.91 Å². The first kappa shape index (κ1) is 26.5. The van der Waals surface area contributed by atoms with Crippen LogP contribution in [0.1, 0.15) is 18.9 Å². The van der Waals surface area contributed by atoms with E-state index < -0.39 is 49.1 Å². The Morgan fingerprint density at radius 1 is 1.21 bits per heavy atom. The van der Waals surface area contributed by atoms with Gasteiger partial charge >= 0.3 is 5.97 Å². The molecule has 3 unspecified atom stereocenters. The van der Waals surface area contributed by atoms with Crippen LogP contribution >= 0.6 is 0 Å². The minimum atomic E-state index is -1.29. The first-order valence-corrected chi connectivity index (χ1v) is 10.6. The van der Waals surface area contributed by atoms with Crippen LogP contribution in [0.4, 0.5) is 0 Å². The van der Waals surface area contributed by atoms with Gasteiger partial charge in [0.15, 0.2) is 12.2 Å². The lowest BCUT2D eigenvalue weighted by molar-refractivity contribution is -0.278. The molecule has 1 aromatic carbocycles. The Balaban J connectivity index is 2.09. The lowest BCUT2D eigenvalue weighted by Crippen LogP contribution is -2.65. The molecule has 1 fully saturated rings. The summed E-state index contributed by atoms with van der Waals surface area (Å²) in [5.41, 5.74) is 11.5. The predicted octanol–water partition coefficient (Wildman–Crippen LogP) is -1.06. The number of carbonyl (C=O) groups is 2. The molecule has 2 rings (SSSR count). The van der Waals surface area contributed by atoms with Crippen LogP contribution in [0, 0.1) is 0 Å². The number of aliphatic hydroxyl groups is 1. The van der Waals surface area contributed by atoms with Crippen molar-refractivity contribution < 1.29 is 38.7 Å². The fourth-order valence-corrected chi connectivity index (χ4v) is 3.29. The van der Waals surface area contributed by atoms with Crippen molar-refractivity contribution in [2.24, 2.45) is 16.5 Å². The molecule has 1 saturated heterocycles. The second-order valence-corrected chi connectivity index (χ2v) is 7.31. The summed E-state index contributed by atoms with van der Waals surface area (Å²) in [6.45, 7) is 1.64. The average molecular weight is 469 g/mol. The summed E-state index contributed by atoms with van der Waals surface area (Å²) >= 11 is 0. The van der Waals surface area contributed by atoms with Crippen molar-refractivity contribution in [3.8, 4) is 0 Å². The van der Waals surface area contributed by atoms with Gasteiger partial charge in [-0.25, -0.2) is 4.79 Å². The maximum atomic E-state index is 12.4. The first-order chi connectivity index (χ1) is 15.8. The third-order valence-electron chi connectivity index (χ3n) is 4.76. The number of hydrogen-bond donors (Lipinski definition) is 5. The molecular formula is C21H32N4O8. The minimum absolute atomic E-state index is 0.00226. The van der Waals surface area contributed by atoms with Crippen molar-refractivity contribution in [1.82, 2.24) is 5.32 Å².